The first kappa shape index (κ1) is 11.7. The number of rotatable bonds is 3. The average Bonchev–Trinajstić information content (AvgIpc) is 2.18. The van der Waals surface area contributed by atoms with Gasteiger partial charge in [0.2, 0.25) is 5.91 Å². The van der Waals surface area contributed by atoms with Crippen LogP contribution in [0.4, 0.5) is 0 Å². The quantitative estimate of drug-likeness (QED) is 0.762. The molecule has 82 valence electrons. The lowest BCUT2D eigenvalue weighted by Gasteiger charge is -2.30. The van der Waals surface area contributed by atoms with Crippen LogP contribution >= 0.6 is 0 Å². The minimum atomic E-state index is -0.898. The Balaban J connectivity index is 2.91. The molecule has 0 fully saturated rings. The SMILES string of the molecule is CC(=O)N(C(C)C)C(O)c1ccncc1. The highest BCUT2D eigenvalue weighted by Crippen LogP contribution is 2.19. The zero-order valence-corrected chi connectivity index (χ0v) is 9.21. The predicted octanol–water partition coefficient (Wildman–Crippen LogP) is 1.33. The summed E-state index contributed by atoms with van der Waals surface area (Å²) in [7, 11) is 0. The predicted molar refractivity (Wildman–Crippen MR) is 56.9 cm³/mol. The monoisotopic (exact) mass is 208 g/mol. The van der Waals surface area contributed by atoms with Crippen LogP contribution in [0, 0.1) is 0 Å². The molecule has 1 rings (SSSR count). The summed E-state index contributed by atoms with van der Waals surface area (Å²) in [5.74, 6) is -0.144. The molecule has 0 saturated heterocycles. The number of amides is 1. The van der Waals surface area contributed by atoms with Gasteiger partial charge in [-0.15, -0.1) is 0 Å². The van der Waals surface area contributed by atoms with E-state index in [4.69, 9.17) is 0 Å². The molecule has 1 unspecified atom stereocenters. The van der Waals surface area contributed by atoms with Gasteiger partial charge in [-0.2, -0.15) is 0 Å². The van der Waals surface area contributed by atoms with Gasteiger partial charge < -0.3 is 10.0 Å². The van der Waals surface area contributed by atoms with Crippen molar-refractivity contribution in [2.75, 3.05) is 0 Å². The maximum atomic E-state index is 11.4. The number of hydrogen-bond donors (Lipinski definition) is 1. The maximum absolute atomic E-state index is 11.4. The Morgan fingerprint density at radius 2 is 1.93 bits per heavy atom. The Labute approximate surface area is 89.6 Å². The molecule has 4 heteroatoms. The third-order valence-electron chi connectivity index (χ3n) is 2.19. The molecule has 0 aliphatic rings. The van der Waals surface area contributed by atoms with Crippen molar-refractivity contribution >= 4 is 5.91 Å². The van der Waals surface area contributed by atoms with Gasteiger partial charge in [0.1, 0.15) is 0 Å². The second kappa shape index (κ2) is 4.89. The summed E-state index contributed by atoms with van der Waals surface area (Å²) in [6, 6.07) is 3.36. The van der Waals surface area contributed by atoms with Crippen LogP contribution in [0.25, 0.3) is 0 Å². The normalized spacial score (nSPS) is 12.6. The highest BCUT2D eigenvalue weighted by atomic mass is 16.3. The minimum Gasteiger partial charge on any atom is -0.369 e. The summed E-state index contributed by atoms with van der Waals surface area (Å²) in [6.45, 7) is 5.18. The largest absolute Gasteiger partial charge is 0.369 e. The van der Waals surface area contributed by atoms with E-state index in [1.807, 2.05) is 13.8 Å². The number of hydrogen-bond acceptors (Lipinski definition) is 3. The van der Waals surface area contributed by atoms with Gasteiger partial charge in [-0.3, -0.25) is 9.78 Å². The molecular formula is C11H16N2O2. The Hall–Kier alpha value is -1.42. The van der Waals surface area contributed by atoms with E-state index < -0.39 is 6.23 Å². The van der Waals surface area contributed by atoms with Crippen molar-refractivity contribution in [2.45, 2.75) is 33.0 Å². The molecule has 0 aliphatic carbocycles. The molecule has 1 aromatic heterocycles. The first-order valence-corrected chi connectivity index (χ1v) is 4.91. The van der Waals surface area contributed by atoms with Crippen LogP contribution in [0.15, 0.2) is 24.5 Å². The summed E-state index contributed by atoms with van der Waals surface area (Å²) in [5.41, 5.74) is 0.675. The molecule has 1 heterocycles. The smallest absolute Gasteiger partial charge is 0.221 e. The third-order valence-corrected chi connectivity index (χ3v) is 2.19. The number of pyridine rings is 1. The molecule has 1 atom stereocenters. The van der Waals surface area contributed by atoms with E-state index >= 15 is 0 Å². The molecule has 4 nitrogen and oxygen atoms in total. The van der Waals surface area contributed by atoms with Crippen molar-refractivity contribution in [2.24, 2.45) is 0 Å². The van der Waals surface area contributed by atoms with Gasteiger partial charge >= 0.3 is 0 Å². The van der Waals surface area contributed by atoms with Crippen molar-refractivity contribution in [3.8, 4) is 0 Å². The topological polar surface area (TPSA) is 53.4 Å². The molecule has 15 heavy (non-hydrogen) atoms. The fourth-order valence-corrected chi connectivity index (χ4v) is 1.51. The number of carbonyl (C=O) groups excluding carboxylic acids is 1. The van der Waals surface area contributed by atoms with Crippen LogP contribution in [-0.4, -0.2) is 26.9 Å². The standard InChI is InChI=1S/C11H16N2O2/c1-8(2)13(9(3)14)11(15)10-4-6-12-7-5-10/h4-8,11,15H,1-3H3. The molecule has 0 radical (unpaired) electrons. The van der Waals surface area contributed by atoms with Crippen LogP contribution in [-0.2, 0) is 4.79 Å². The van der Waals surface area contributed by atoms with E-state index in [9.17, 15) is 9.90 Å². The summed E-state index contributed by atoms with van der Waals surface area (Å²) >= 11 is 0. The van der Waals surface area contributed by atoms with Gasteiger partial charge in [0.15, 0.2) is 6.23 Å². The van der Waals surface area contributed by atoms with Gasteiger partial charge in [-0.25, -0.2) is 0 Å². The van der Waals surface area contributed by atoms with Crippen LogP contribution in [0.2, 0.25) is 0 Å². The van der Waals surface area contributed by atoms with E-state index in [1.165, 1.54) is 11.8 Å². The van der Waals surface area contributed by atoms with E-state index in [0.29, 0.717) is 5.56 Å². The first-order valence-electron chi connectivity index (χ1n) is 4.91. The minimum absolute atomic E-state index is 0.0364. The molecule has 0 aliphatic heterocycles. The number of aliphatic hydroxyl groups is 1. The Bertz CT molecular complexity index is 325. The van der Waals surface area contributed by atoms with E-state index in [-0.39, 0.29) is 11.9 Å². The van der Waals surface area contributed by atoms with E-state index in [2.05, 4.69) is 4.98 Å². The zero-order chi connectivity index (χ0) is 11.4. The molecule has 0 aromatic carbocycles. The van der Waals surface area contributed by atoms with Crippen molar-refractivity contribution in [3.63, 3.8) is 0 Å². The Kier molecular flexibility index (Phi) is 3.80. The van der Waals surface area contributed by atoms with Crippen molar-refractivity contribution in [1.29, 1.82) is 0 Å². The van der Waals surface area contributed by atoms with Crippen LogP contribution in [0.5, 0.6) is 0 Å². The number of nitrogens with zero attached hydrogens (tertiary/aromatic N) is 2. The lowest BCUT2D eigenvalue weighted by molar-refractivity contribution is -0.142. The molecule has 0 saturated carbocycles. The van der Waals surface area contributed by atoms with Crippen LogP contribution in [0.3, 0.4) is 0 Å². The lowest BCUT2D eigenvalue weighted by Crippen LogP contribution is -2.38. The summed E-state index contributed by atoms with van der Waals surface area (Å²) in [6.07, 6.45) is 2.29. The summed E-state index contributed by atoms with van der Waals surface area (Å²) in [4.78, 5) is 16.6. The zero-order valence-electron chi connectivity index (χ0n) is 9.21. The van der Waals surface area contributed by atoms with Crippen molar-refractivity contribution < 1.29 is 9.90 Å². The fraction of sp³-hybridized carbons (Fsp3) is 0.455. The van der Waals surface area contributed by atoms with E-state index in [1.54, 1.807) is 24.5 Å². The maximum Gasteiger partial charge on any atom is 0.221 e. The Morgan fingerprint density at radius 1 is 1.40 bits per heavy atom. The summed E-state index contributed by atoms with van der Waals surface area (Å²) < 4.78 is 0. The highest BCUT2D eigenvalue weighted by Gasteiger charge is 2.22. The van der Waals surface area contributed by atoms with Gasteiger partial charge in [0.05, 0.1) is 0 Å². The third kappa shape index (κ3) is 2.76. The van der Waals surface area contributed by atoms with Gasteiger partial charge in [0.25, 0.3) is 0 Å². The lowest BCUT2D eigenvalue weighted by atomic mass is 10.2. The van der Waals surface area contributed by atoms with Crippen molar-refractivity contribution in [3.05, 3.63) is 30.1 Å². The van der Waals surface area contributed by atoms with Crippen LogP contribution < -0.4 is 0 Å². The second-order valence-electron chi connectivity index (χ2n) is 3.67. The van der Waals surface area contributed by atoms with Gasteiger partial charge in [-0.1, -0.05) is 0 Å². The molecular weight excluding hydrogens is 192 g/mol. The fourth-order valence-electron chi connectivity index (χ4n) is 1.51. The first-order chi connectivity index (χ1) is 7.04. The highest BCUT2D eigenvalue weighted by molar-refractivity contribution is 5.73. The molecule has 0 spiro atoms. The molecule has 0 bridgehead atoms. The number of carbonyl (C=O) groups is 1. The second-order valence-corrected chi connectivity index (χ2v) is 3.67. The van der Waals surface area contributed by atoms with Crippen molar-refractivity contribution in [1.82, 2.24) is 9.88 Å². The Morgan fingerprint density at radius 3 is 2.33 bits per heavy atom. The molecule has 1 amide bonds. The van der Waals surface area contributed by atoms with Gasteiger partial charge in [0, 0.05) is 30.9 Å². The van der Waals surface area contributed by atoms with E-state index in [0.717, 1.165) is 0 Å². The molecule has 1 aromatic rings. The molecule has 1 N–H and O–H groups in total. The summed E-state index contributed by atoms with van der Waals surface area (Å²) in [5, 5.41) is 10.00. The number of aromatic nitrogens is 1. The van der Waals surface area contributed by atoms with Gasteiger partial charge in [-0.05, 0) is 26.0 Å². The average molecular weight is 208 g/mol. The number of aliphatic hydroxyl groups excluding tert-OH is 1. The van der Waals surface area contributed by atoms with Crippen LogP contribution in [0.1, 0.15) is 32.6 Å².